The Balaban J connectivity index is 2.10. The van der Waals surface area contributed by atoms with Crippen molar-refractivity contribution in [2.45, 2.75) is 13.0 Å². The normalized spacial score (nSPS) is 20.7. The first-order valence-electron chi connectivity index (χ1n) is 4.31. The number of aliphatic hydroxyl groups excluding tert-OH is 1. The molecule has 66 valence electrons. The highest BCUT2D eigenvalue weighted by Gasteiger charge is 2.27. The molecule has 0 radical (unpaired) electrons. The summed E-state index contributed by atoms with van der Waals surface area (Å²) in [7, 11) is 2.08. The molecule has 1 aliphatic heterocycles. The maximum Gasteiger partial charge on any atom is 0.0558 e. The highest BCUT2D eigenvalue weighted by atomic mass is 16.3. The van der Waals surface area contributed by atoms with Crippen molar-refractivity contribution >= 4 is 0 Å². The van der Waals surface area contributed by atoms with Gasteiger partial charge in [0.2, 0.25) is 0 Å². The third-order valence-electron chi connectivity index (χ3n) is 2.46. The van der Waals surface area contributed by atoms with Gasteiger partial charge in [0.05, 0.1) is 6.61 Å². The predicted molar refractivity (Wildman–Crippen MR) is 45.6 cm³/mol. The van der Waals surface area contributed by atoms with Gasteiger partial charge in [-0.1, -0.05) is 6.92 Å². The fraction of sp³-hybridized carbons (Fsp3) is 1.00. The van der Waals surface area contributed by atoms with Crippen molar-refractivity contribution in [2.75, 3.05) is 39.8 Å². The van der Waals surface area contributed by atoms with E-state index in [4.69, 9.17) is 5.11 Å². The van der Waals surface area contributed by atoms with Crippen LogP contribution < -0.4 is 0 Å². The van der Waals surface area contributed by atoms with Gasteiger partial charge in [0.25, 0.3) is 0 Å². The van der Waals surface area contributed by atoms with Crippen molar-refractivity contribution in [3.05, 3.63) is 0 Å². The molecule has 0 aromatic carbocycles. The van der Waals surface area contributed by atoms with E-state index in [2.05, 4.69) is 23.8 Å². The van der Waals surface area contributed by atoms with Crippen LogP contribution in [-0.2, 0) is 0 Å². The molecule has 1 fully saturated rings. The van der Waals surface area contributed by atoms with E-state index in [1.165, 1.54) is 13.1 Å². The summed E-state index contributed by atoms with van der Waals surface area (Å²) in [6.45, 7) is 6.77. The molecule has 3 nitrogen and oxygen atoms in total. The number of nitrogens with zero attached hydrogens (tertiary/aromatic N) is 2. The summed E-state index contributed by atoms with van der Waals surface area (Å²) in [6, 6.07) is 0.682. The van der Waals surface area contributed by atoms with Gasteiger partial charge in [0.15, 0.2) is 0 Å². The molecule has 0 aromatic rings. The standard InChI is InChI=1S/C8H18N2O/c1-3-10-6-8(7-10)9(2)4-5-11/h8,11H,3-7H2,1-2H3. The fourth-order valence-corrected chi connectivity index (χ4v) is 1.42. The summed E-state index contributed by atoms with van der Waals surface area (Å²) < 4.78 is 0. The Morgan fingerprint density at radius 1 is 1.55 bits per heavy atom. The van der Waals surface area contributed by atoms with Crippen LogP contribution in [0.1, 0.15) is 6.92 Å². The van der Waals surface area contributed by atoms with Crippen molar-refractivity contribution < 1.29 is 5.11 Å². The lowest BCUT2D eigenvalue weighted by Gasteiger charge is -2.43. The van der Waals surface area contributed by atoms with E-state index < -0.39 is 0 Å². The lowest BCUT2D eigenvalue weighted by Crippen LogP contribution is -2.58. The largest absolute Gasteiger partial charge is 0.395 e. The Bertz CT molecular complexity index is 113. The van der Waals surface area contributed by atoms with Gasteiger partial charge in [0, 0.05) is 25.7 Å². The molecule has 0 aliphatic carbocycles. The van der Waals surface area contributed by atoms with Crippen LogP contribution in [0, 0.1) is 0 Å². The van der Waals surface area contributed by atoms with Crippen molar-refractivity contribution in [2.24, 2.45) is 0 Å². The van der Waals surface area contributed by atoms with Gasteiger partial charge < -0.3 is 10.0 Å². The molecule has 3 heteroatoms. The van der Waals surface area contributed by atoms with Crippen molar-refractivity contribution in [1.82, 2.24) is 9.80 Å². The van der Waals surface area contributed by atoms with Crippen LogP contribution in [0.5, 0.6) is 0 Å². The zero-order valence-corrected chi connectivity index (χ0v) is 7.45. The Labute approximate surface area is 68.6 Å². The zero-order chi connectivity index (χ0) is 8.27. The van der Waals surface area contributed by atoms with Crippen LogP contribution >= 0.6 is 0 Å². The Morgan fingerprint density at radius 2 is 2.18 bits per heavy atom. The predicted octanol–water partition coefficient (Wildman–Crippen LogP) is -0.385. The molecule has 11 heavy (non-hydrogen) atoms. The summed E-state index contributed by atoms with van der Waals surface area (Å²) >= 11 is 0. The van der Waals surface area contributed by atoms with E-state index in [0.717, 1.165) is 13.1 Å². The Morgan fingerprint density at radius 3 is 2.64 bits per heavy atom. The highest BCUT2D eigenvalue weighted by molar-refractivity contribution is 4.85. The number of likely N-dealkylation sites (N-methyl/N-ethyl adjacent to an activating group) is 2. The quantitative estimate of drug-likeness (QED) is 0.604. The van der Waals surface area contributed by atoms with E-state index in [1.807, 2.05) is 0 Å². The molecule has 1 saturated heterocycles. The van der Waals surface area contributed by atoms with E-state index in [9.17, 15) is 0 Å². The van der Waals surface area contributed by atoms with Gasteiger partial charge >= 0.3 is 0 Å². The number of likely N-dealkylation sites (tertiary alicyclic amines) is 1. The molecule has 1 N–H and O–H groups in total. The summed E-state index contributed by atoms with van der Waals surface area (Å²) in [5.41, 5.74) is 0. The van der Waals surface area contributed by atoms with Gasteiger partial charge in [0.1, 0.15) is 0 Å². The zero-order valence-electron chi connectivity index (χ0n) is 7.45. The van der Waals surface area contributed by atoms with E-state index in [-0.39, 0.29) is 6.61 Å². The molecule has 0 amide bonds. The third kappa shape index (κ3) is 2.15. The van der Waals surface area contributed by atoms with Gasteiger partial charge in [-0.05, 0) is 13.6 Å². The van der Waals surface area contributed by atoms with Crippen molar-refractivity contribution in [3.63, 3.8) is 0 Å². The fourth-order valence-electron chi connectivity index (χ4n) is 1.42. The number of hydrogen-bond acceptors (Lipinski definition) is 3. The molecule has 0 bridgehead atoms. The lowest BCUT2D eigenvalue weighted by atomic mass is 10.1. The molecule has 0 aromatic heterocycles. The number of hydrogen-bond donors (Lipinski definition) is 1. The summed E-state index contributed by atoms with van der Waals surface area (Å²) in [4.78, 5) is 4.63. The second-order valence-electron chi connectivity index (χ2n) is 3.21. The average molecular weight is 158 g/mol. The van der Waals surface area contributed by atoms with Crippen LogP contribution in [-0.4, -0.2) is 60.8 Å². The first-order chi connectivity index (χ1) is 5.27. The van der Waals surface area contributed by atoms with Gasteiger partial charge in [-0.3, -0.25) is 4.90 Å². The molecular weight excluding hydrogens is 140 g/mol. The van der Waals surface area contributed by atoms with Crippen LogP contribution in [0.3, 0.4) is 0 Å². The maximum atomic E-state index is 8.67. The number of rotatable bonds is 4. The lowest BCUT2D eigenvalue weighted by molar-refractivity contribution is 0.0444. The minimum Gasteiger partial charge on any atom is -0.395 e. The topological polar surface area (TPSA) is 26.7 Å². The first-order valence-corrected chi connectivity index (χ1v) is 4.31. The highest BCUT2D eigenvalue weighted by Crippen LogP contribution is 2.11. The molecule has 1 heterocycles. The van der Waals surface area contributed by atoms with Gasteiger partial charge in [-0.2, -0.15) is 0 Å². The summed E-state index contributed by atoms with van der Waals surface area (Å²) in [6.07, 6.45) is 0. The maximum absolute atomic E-state index is 8.67. The molecule has 0 saturated carbocycles. The summed E-state index contributed by atoms with van der Waals surface area (Å²) in [5, 5.41) is 8.67. The molecule has 1 aliphatic rings. The van der Waals surface area contributed by atoms with E-state index in [1.54, 1.807) is 0 Å². The average Bonchev–Trinajstić information content (AvgIpc) is 1.86. The molecule has 0 unspecified atom stereocenters. The molecule has 0 spiro atoms. The third-order valence-corrected chi connectivity index (χ3v) is 2.46. The first kappa shape index (κ1) is 8.97. The van der Waals surface area contributed by atoms with Crippen molar-refractivity contribution in [1.29, 1.82) is 0 Å². The van der Waals surface area contributed by atoms with Crippen LogP contribution in [0.4, 0.5) is 0 Å². The second-order valence-corrected chi connectivity index (χ2v) is 3.21. The minimum absolute atomic E-state index is 0.277. The smallest absolute Gasteiger partial charge is 0.0558 e. The minimum atomic E-state index is 0.277. The van der Waals surface area contributed by atoms with Gasteiger partial charge in [-0.25, -0.2) is 0 Å². The summed E-state index contributed by atoms with van der Waals surface area (Å²) in [5.74, 6) is 0. The van der Waals surface area contributed by atoms with Crippen LogP contribution in [0.15, 0.2) is 0 Å². The second kappa shape index (κ2) is 4.04. The van der Waals surface area contributed by atoms with E-state index in [0.29, 0.717) is 6.04 Å². The number of aliphatic hydroxyl groups is 1. The van der Waals surface area contributed by atoms with Crippen LogP contribution in [0.2, 0.25) is 0 Å². The molecule has 0 atom stereocenters. The van der Waals surface area contributed by atoms with Crippen LogP contribution in [0.25, 0.3) is 0 Å². The monoisotopic (exact) mass is 158 g/mol. The van der Waals surface area contributed by atoms with E-state index >= 15 is 0 Å². The van der Waals surface area contributed by atoms with Crippen molar-refractivity contribution in [3.8, 4) is 0 Å². The van der Waals surface area contributed by atoms with Gasteiger partial charge in [-0.15, -0.1) is 0 Å². The molecular formula is C8H18N2O. The molecule has 1 rings (SSSR count). The SMILES string of the molecule is CCN1CC(N(C)CCO)C1. The Kier molecular flexibility index (Phi) is 3.30. The Hall–Kier alpha value is -0.120.